The summed E-state index contributed by atoms with van der Waals surface area (Å²) in [7, 11) is 1.61. The number of aromatic nitrogens is 3. The van der Waals surface area contributed by atoms with E-state index in [1.54, 1.807) is 25.2 Å². The summed E-state index contributed by atoms with van der Waals surface area (Å²) in [5.74, 6) is 0.172. The van der Waals surface area contributed by atoms with Crippen molar-refractivity contribution in [2.24, 2.45) is 0 Å². The highest BCUT2D eigenvalue weighted by Crippen LogP contribution is 2.36. The molecular weight excluding hydrogens is 446 g/mol. The number of fused-ring (bicyclic) bond motifs is 2. The third kappa shape index (κ3) is 4.27. The van der Waals surface area contributed by atoms with Crippen LogP contribution in [0.5, 0.6) is 5.75 Å². The lowest BCUT2D eigenvalue weighted by Gasteiger charge is -2.20. The van der Waals surface area contributed by atoms with Crippen LogP contribution in [0.4, 0.5) is 5.69 Å². The predicted molar refractivity (Wildman–Crippen MR) is 124 cm³/mol. The zero-order valence-corrected chi connectivity index (χ0v) is 17.7. The van der Waals surface area contributed by atoms with Gasteiger partial charge >= 0.3 is 0 Å². The molecule has 5 rings (SSSR count). The second-order valence-corrected chi connectivity index (χ2v) is 7.83. The van der Waals surface area contributed by atoms with E-state index < -0.39 is 11.9 Å². The summed E-state index contributed by atoms with van der Waals surface area (Å²) in [4.78, 5) is 27.2. The molecular formula is C23H22ClN5O4. The van der Waals surface area contributed by atoms with E-state index in [0.29, 0.717) is 39.7 Å². The van der Waals surface area contributed by atoms with Crippen LogP contribution in [0.15, 0.2) is 53.1 Å². The summed E-state index contributed by atoms with van der Waals surface area (Å²) in [5.41, 5.74) is 2.28. The van der Waals surface area contributed by atoms with Gasteiger partial charge in [0, 0.05) is 31.0 Å². The number of rotatable bonds is 4. The van der Waals surface area contributed by atoms with Crippen LogP contribution in [0.3, 0.4) is 0 Å². The SMILES string of the molecule is C.CN1C(=O)[C@@H](NC(=O)c2cc(Cc3ccccc3)on2)COc2cc3n[nH]c(Cl)c3cc21. The number of amides is 2. The maximum Gasteiger partial charge on any atom is 0.274 e. The second-order valence-electron chi connectivity index (χ2n) is 7.45. The van der Waals surface area contributed by atoms with E-state index in [9.17, 15) is 9.59 Å². The number of anilines is 1. The van der Waals surface area contributed by atoms with Gasteiger partial charge in [0.15, 0.2) is 5.69 Å². The van der Waals surface area contributed by atoms with Crippen LogP contribution in [0.2, 0.25) is 5.15 Å². The Bertz CT molecular complexity index is 1320. The van der Waals surface area contributed by atoms with Crippen LogP contribution in [0.1, 0.15) is 29.2 Å². The Hall–Kier alpha value is -3.85. The smallest absolute Gasteiger partial charge is 0.274 e. The van der Waals surface area contributed by atoms with E-state index in [2.05, 4.69) is 20.7 Å². The molecule has 0 fully saturated rings. The molecule has 10 heteroatoms. The molecule has 1 aliphatic heterocycles. The molecule has 2 aromatic carbocycles. The average Bonchev–Trinajstić information content (AvgIpc) is 3.39. The van der Waals surface area contributed by atoms with Crippen molar-refractivity contribution in [3.05, 3.63) is 70.7 Å². The molecule has 0 radical (unpaired) electrons. The van der Waals surface area contributed by atoms with Gasteiger partial charge in [-0.25, -0.2) is 0 Å². The molecule has 0 spiro atoms. The van der Waals surface area contributed by atoms with Gasteiger partial charge in [-0.3, -0.25) is 14.7 Å². The van der Waals surface area contributed by atoms with Crippen molar-refractivity contribution < 1.29 is 18.8 Å². The molecule has 0 unspecified atom stereocenters. The Morgan fingerprint density at radius 2 is 2.06 bits per heavy atom. The fraction of sp³-hybridized carbons (Fsp3) is 0.217. The minimum absolute atomic E-state index is 0. The molecule has 9 nitrogen and oxygen atoms in total. The Morgan fingerprint density at radius 1 is 1.27 bits per heavy atom. The third-order valence-electron chi connectivity index (χ3n) is 5.30. The molecule has 33 heavy (non-hydrogen) atoms. The summed E-state index contributed by atoms with van der Waals surface area (Å²) < 4.78 is 11.1. The lowest BCUT2D eigenvalue weighted by Crippen LogP contribution is -2.49. The first kappa shape index (κ1) is 22.3. The second kappa shape index (κ2) is 8.95. The number of benzene rings is 2. The number of nitrogens with one attached hydrogen (secondary N) is 2. The van der Waals surface area contributed by atoms with Crippen LogP contribution < -0.4 is 15.0 Å². The average molecular weight is 468 g/mol. The molecule has 2 amide bonds. The lowest BCUT2D eigenvalue weighted by atomic mass is 10.1. The predicted octanol–water partition coefficient (Wildman–Crippen LogP) is 3.59. The largest absolute Gasteiger partial charge is 0.489 e. The topological polar surface area (TPSA) is 113 Å². The lowest BCUT2D eigenvalue weighted by molar-refractivity contribution is -0.120. The molecule has 170 valence electrons. The van der Waals surface area contributed by atoms with Crippen molar-refractivity contribution in [1.29, 1.82) is 0 Å². The maximum absolute atomic E-state index is 13.0. The molecule has 1 atom stereocenters. The number of ether oxygens (including phenoxy) is 1. The quantitative estimate of drug-likeness (QED) is 0.474. The molecule has 0 saturated carbocycles. The van der Waals surface area contributed by atoms with Gasteiger partial charge < -0.3 is 19.5 Å². The minimum Gasteiger partial charge on any atom is -0.489 e. The number of hydrogen-bond acceptors (Lipinski definition) is 6. The summed E-state index contributed by atoms with van der Waals surface area (Å²) >= 11 is 6.12. The molecule has 4 aromatic rings. The standard InChI is InChI=1S/C22H18ClN5O4.CH4/c1-28-18-9-14-15(25-26-20(14)23)10-19(18)31-11-17(22(28)30)24-21(29)16-8-13(32-27-16)7-12-5-3-2-4-6-12;/h2-6,8-10,17H,7,11H2,1H3,(H,24,29)(H,25,26);1H4/t17-;/m0./s1. The van der Waals surface area contributed by atoms with E-state index >= 15 is 0 Å². The van der Waals surface area contributed by atoms with E-state index in [1.807, 2.05) is 30.3 Å². The number of carbonyl (C=O) groups excluding carboxylic acids is 2. The molecule has 3 heterocycles. The summed E-state index contributed by atoms with van der Waals surface area (Å²) in [5, 5.41) is 14.4. The normalized spacial score (nSPS) is 15.4. The van der Waals surface area contributed by atoms with Crippen LogP contribution >= 0.6 is 11.6 Å². The number of aromatic amines is 1. The molecule has 2 aromatic heterocycles. The Kier molecular flexibility index (Phi) is 6.06. The van der Waals surface area contributed by atoms with Crippen molar-refractivity contribution >= 4 is 40.0 Å². The summed E-state index contributed by atoms with van der Waals surface area (Å²) in [6.45, 7) is -0.0414. The van der Waals surface area contributed by atoms with Crippen molar-refractivity contribution in [2.45, 2.75) is 19.9 Å². The van der Waals surface area contributed by atoms with E-state index in [0.717, 1.165) is 5.56 Å². The van der Waals surface area contributed by atoms with Gasteiger partial charge in [-0.15, -0.1) is 0 Å². The van der Waals surface area contributed by atoms with Gasteiger partial charge in [-0.05, 0) is 11.6 Å². The molecule has 1 aliphatic rings. The highest BCUT2D eigenvalue weighted by molar-refractivity contribution is 6.34. The number of halogens is 1. The number of likely N-dealkylation sites (N-methyl/N-ethyl adjacent to an activating group) is 1. The van der Waals surface area contributed by atoms with Gasteiger partial charge in [-0.1, -0.05) is 54.5 Å². The molecule has 0 saturated heterocycles. The van der Waals surface area contributed by atoms with Crippen LogP contribution in [0.25, 0.3) is 10.9 Å². The Labute approximate surface area is 194 Å². The van der Waals surface area contributed by atoms with Crippen molar-refractivity contribution in [2.75, 3.05) is 18.6 Å². The minimum atomic E-state index is -0.904. The van der Waals surface area contributed by atoms with Crippen molar-refractivity contribution in [3.63, 3.8) is 0 Å². The van der Waals surface area contributed by atoms with Crippen molar-refractivity contribution in [3.8, 4) is 5.75 Å². The van der Waals surface area contributed by atoms with Gasteiger partial charge in [0.25, 0.3) is 11.8 Å². The van der Waals surface area contributed by atoms with Crippen LogP contribution in [0, 0.1) is 0 Å². The zero-order valence-electron chi connectivity index (χ0n) is 17.0. The first-order chi connectivity index (χ1) is 15.5. The van der Waals surface area contributed by atoms with Crippen molar-refractivity contribution in [1.82, 2.24) is 20.7 Å². The zero-order chi connectivity index (χ0) is 22.2. The first-order valence-electron chi connectivity index (χ1n) is 9.88. The molecule has 0 bridgehead atoms. The number of hydrogen-bond donors (Lipinski definition) is 2. The molecule has 2 N–H and O–H groups in total. The fourth-order valence-corrected chi connectivity index (χ4v) is 3.80. The summed E-state index contributed by atoms with van der Waals surface area (Å²) in [6, 6.07) is 13.8. The Balaban J connectivity index is 0.00000259. The Morgan fingerprint density at radius 3 is 2.85 bits per heavy atom. The summed E-state index contributed by atoms with van der Waals surface area (Å²) in [6.07, 6.45) is 0.509. The highest BCUT2D eigenvalue weighted by Gasteiger charge is 2.32. The number of H-pyrrole nitrogens is 1. The monoisotopic (exact) mass is 467 g/mol. The fourth-order valence-electron chi connectivity index (χ4n) is 3.61. The maximum atomic E-state index is 13.0. The van der Waals surface area contributed by atoms with E-state index in [1.165, 1.54) is 4.90 Å². The first-order valence-corrected chi connectivity index (χ1v) is 10.3. The highest BCUT2D eigenvalue weighted by atomic mass is 35.5. The van der Waals surface area contributed by atoms with E-state index in [4.69, 9.17) is 20.9 Å². The van der Waals surface area contributed by atoms with Gasteiger partial charge in [0.05, 0.1) is 11.2 Å². The van der Waals surface area contributed by atoms with Gasteiger partial charge in [0.1, 0.15) is 29.3 Å². The number of carbonyl (C=O) groups is 2. The van der Waals surface area contributed by atoms with Crippen LogP contribution in [-0.2, 0) is 11.2 Å². The van der Waals surface area contributed by atoms with E-state index in [-0.39, 0.29) is 25.6 Å². The third-order valence-corrected chi connectivity index (χ3v) is 5.59. The number of nitrogens with zero attached hydrogens (tertiary/aromatic N) is 3. The van der Waals surface area contributed by atoms with Crippen LogP contribution in [-0.4, -0.2) is 46.9 Å². The molecule has 0 aliphatic carbocycles. The van der Waals surface area contributed by atoms with Gasteiger partial charge in [-0.2, -0.15) is 5.10 Å². The van der Waals surface area contributed by atoms with Gasteiger partial charge in [0.2, 0.25) is 0 Å².